The summed E-state index contributed by atoms with van der Waals surface area (Å²) < 4.78 is 21.6. The van der Waals surface area contributed by atoms with E-state index in [1.165, 1.54) is 29.0 Å². The maximum absolute atomic E-state index is 13.3. The molecule has 0 bridgehead atoms. The van der Waals surface area contributed by atoms with Gasteiger partial charge in [0, 0.05) is 29.5 Å². The number of fused-ring (bicyclic) bond motifs is 4. The molecule has 0 unspecified atom stereocenters. The van der Waals surface area contributed by atoms with Crippen LogP contribution in [-0.2, 0) is 4.79 Å². The van der Waals surface area contributed by atoms with Crippen LogP contribution in [0.4, 0.5) is 4.39 Å². The van der Waals surface area contributed by atoms with Crippen molar-refractivity contribution >= 4 is 33.4 Å². The first-order chi connectivity index (χ1) is 17.6. The number of benzene rings is 2. The minimum absolute atomic E-state index is 0.262. The van der Waals surface area contributed by atoms with Gasteiger partial charge in [0.05, 0.1) is 17.1 Å². The van der Waals surface area contributed by atoms with Gasteiger partial charge in [-0.1, -0.05) is 30.3 Å². The summed E-state index contributed by atoms with van der Waals surface area (Å²) in [6, 6.07) is 16.8. The zero-order valence-electron chi connectivity index (χ0n) is 18.6. The molecule has 0 atom stereocenters. The Morgan fingerprint density at radius 3 is 2.69 bits per heavy atom. The second-order valence-electron chi connectivity index (χ2n) is 8.00. The van der Waals surface area contributed by atoms with E-state index in [1.807, 2.05) is 24.3 Å². The molecule has 4 aromatic heterocycles. The lowest BCUT2D eigenvalue weighted by molar-refractivity contribution is -0.119. The second kappa shape index (κ2) is 8.58. The number of hydrogen-bond donors (Lipinski definition) is 1. The molecule has 0 spiro atoms. The van der Waals surface area contributed by atoms with Crippen molar-refractivity contribution in [2.75, 3.05) is 12.0 Å². The van der Waals surface area contributed by atoms with Gasteiger partial charge in [0.25, 0.3) is 11.5 Å². The van der Waals surface area contributed by atoms with E-state index in [9.17, 15) is 14.0 Å². The minimum atomic E-state index is -0.517. The van der Waals surface area contributed by atoms with Gasteiger partial charge in [-0.2, -0.15) is 5.10 Å². The lowest BCUT2D eigenvalue weighted by atomic mass is 10.1. The predicted octanol–water partition coefficient (Wildman–Crippen LogP) is 3.55. The smallest absolute Gasteiger partial charge is 0.280 e. The highest BCUT2D eigenvalue weighted by Crippen LogP contribution is 2.25. The summed E-state index contributed by atoms with van der Waals surface area (Å²) in [6.45, 7) is -0.308. The van der Waals surface area contributed by atoms with E-state index in [4.69, 9.17) is 4.74 Å². The van der Waals surface area contributed by atoms with E-state index in [2.05, 4.69) is 20.5 Å². The number of aromatic nitrogens is 5. The molecule has 6 rings (SSSR count). The van der Waals surface area contributed by atoms with Crippen LogP contribution in [-0.4, -0.2) is 36.8 Å². The maximum Gasteiger partial charge on any atom is 0.280 e. The fourth-order valence-corrected chi connectivity index (χ4v) is 4.04. The van der Waals surface area contributed by atoms with E-state index in [-0.39, 0.29) is 17.8 Å². The van der Waals surface area contributed by atoms with Crippen LogP contribution >= 0.6 is 0 Å². The normalized spacial score (nSPS) is 11.2. The molecule has 9 nitrogen and oxygen atoms in total. The Hall–Kier alpha value is -5.12. The molecule has 0 saturated carbocycles. The second-order valence-corrected chi connectivity index (χ2v) is 8.00. The van der Waals surface area contributed by atoms with Crippen molar-refractivity contribution in [2.24, 2.45) is 0 Å². The number of ether oxygens (including phenoxy) is 1. The topological polar surface area (TPSA) is 103 Å². The van der Waals surface area contributed by atoms with Crippen LogP contribution in [0.3, 0.4) is 0 Å². The number of rotatable bonds is 5. The van der Waals surface area contributed by atoms with Gasteiger partial charge < -0.3 is 4.74 Å². The molecule has 0 aliphatic rings. The number of carbonyl (C=O) groups excluding carboxylic acids is 1. The maximum atomic E-state index is 13.3. The summed E-state index contributed by atoms with van der Waals surface area (Å²) in [5.41, 5.74) is 5.19. The number of nitrogens with zero attached hydrogens (tertiary/aromatic N) is 5. The van der Waals surface area contributed by atoms with Crippen molar-refractivity contribution in [2.45, 2.75) is 0 Å². The van der Waals surface area contributed by atoms with Crippen LogP contribution in [0.15, 0.2) is 90.2 Å². The van der Waals surface area contributed by atoms with Gasteiger partial charge >= 0.3 is 0 Å². The molecule has 1 N–H and O–H groups in total. The number of nitrogens with one attached hydrogen (secondary N) is 1. The van der Waals surface area contributed by atoms with Crippen molar-refractivity contribution in [3.05, 3.63) is 102 Å². The quantitative estimate of drug-likeness (QED) is 0.405. The number of amides is 1. The molecule has 0 fully saturated rings. The highest BCUT2D eigenvalue weighted by Gasteiger charge is 2.14. The van der Waals surface area contributed by atoms with Gasteiger partial charge in [0.15, 0.2) is 12.3 Å². The van der Waals surface area contributed by atoms with Crippen LogP contribution < -0.4 is 15.7 Å². The predicted molar refractivity (Wildman–Crippen MR) is 132 cm³/mol. The Labute approximate surface area is 202 Å². The third-order valence-corrected chi connectivity index (χ3v) is 5.75. The lowest BCUT2D eigenvalue weighted by Crippen LogP contribution is -2.35. The Kier molecular flexibility index (Phi) is 5.11. The van der Waals surface area contributed by atoms with Crippen LogP contribution in [0.1, 0.15) is 0 Å². The first-order valence-electron chi connectivity index (χ1n) is 11.0. The molecule has 176 valence electrons. The first kappa shape index (κ1) is 21.4. The highest BCUT2D eigenvalue weighted by molar-refractivity contribution is 5.88. The van der Waals surface area contributed by atoms with E-state index in [0.29, 0.717) is 28.0 Å². The number of para-hydroxylation sites is 1. The zero-order chi connectivity index (χ0) is 24.6. The summed E-state index contributed by atoms with van der Waals surface area (Å²) in [4.78, 5) is 34.3. The highest BCUT2D eigenvalue weighted by atomic mass is 19.1. The van der Waals surface area contributed by atoms with Crippen LogP contribution in [0.25, 0.3) is 38.6 Å². The Bertz CT molecular complexity index is 1820. The van der Waals surface area contributed by atoms with E-state index in [1.54, 1.807) is 36.7 Å². The van der Waals surface area contributed by atoms with Crippen LogP contribution in [0.5, 0.6) is 5.75 Å². The molecular formula is C26H17FN6O3. The molecule has 36 heavy (non-hydrogen) atoms. The van der Waals surface area contributed by atoms with Crippen LogP contribution in [0, 0.1) is 5.82 Å². The molecular weight excluding hydrogens is 463 g/mol. The van der Waals surface area contributed by atoms with Crippen molar-refractivity contribution in [1.82, 2.24) is 24.3 Å². The average Bonchev–Trinajstić information content (AvgIpc) is 3.34. The van der Waals surface area contributed by atoms with Gasteiger partial charge in [-0.15, -0.1) is 0 Å². The van der Waals surface area contributed by atoms with E-state index in [0.717, 1.165) is 15.6 Å². The van der Waals surface area contributed by atoms with Gasteiger partial charge in [-0.05, 0) is 35.9 Å². The Morgan fingerprint density at radius 2 is 1.83 bits per heavy atom. The standard InChI is InChI=1S/C26H17FN6O3/c27-18-8-6-16(7-9-18)19-14-30-33-21-10-12-32(26(35)20(21)13-29-25(19)33)31-23(34)15-36-22-5-1-3-17-4-2-11-28-24(17)22/h1-14H,15H2,(H,31,34). The fraction of sp³-hybridized carbons (Fsp3) is 0.0385. The summed E-state index contributed by atoms with van der Waals surface area (Å²) in [7, 11) is 0. The Balaban J connectivity index is 1.26. The average molecular weight is 480 g/mol. The van der Waals surface area contributed by atoms with E-state index < -0.39 is 11.5 Å². The SMILES string of the molecule is O=C(COc1cccc2cccnc12)Nn1ccc2c(cnc3c(-c4ccc(F)cc4)cnn32)c1=O. The largest absolute Gasteiger partial charge is 0.481 e. The summed E-state index contributed by atoms with van der Waals surface area (Å²) in [6.07, 6.45) is 6.14. The summed E-state index contributed by atoms with van der Waals surface area (Å²) in [5.74, 6) is -0.386. The molecule has 0 aliphatic heterocycles. The molecule has 4 heterocycles. The van der Waals surface area contributed by atoms with Gasteiger partial charge in [-0.25, -0.2) is 18.6 Å². The third kappa shape index (κ3) is 3.70. The van der Waals surface area contributed by atoms with Crippen LogP contribution in [0.2, 0.25) is 0 Å². The van der Waals surface area contributed by atoms with E-state index >= 15 is 0 Å². The Morgan fingerprint density at radius 1 is 1.00 bits per heavy atom. The molecule has 10 heteroatoms. The van der Waals surface area contributed by atoms with Gasteiger partial charge in [-0.3, -0.25) is 20.0 Å². The molecule has 1 amide bonds. The van der Waals surface area contributed by atoms with Crippen molar-refractivity contribution < 1.29 is 13.9 Å². The van der Waals surface area contributed by atoms with Crippen molar-refractivity contribution in [1.29, 1.82) is 0 Å². The number of halogens is 1. The third-order valence-electron chi connectivity index (χ3n) is 5.75. The van der Waals surface area contributed by atoms with Gasteiger partial charge in [0.1, 0.15) is 17.1 Å². The molecule has 6 aromatic rings. The fourth-order valence-electron chi connectivity index (χ4n) is 4.04. The monoisotopic (exact) mass is 480 g/mol. The summed E-state index contributed by atoms with van der Waals surface area (Å²) in [5, 5.41) is 5.52. The van der Waals surface area contributed by atoms with Crippen molar-refractivity contribution in [3.8, 4) is 16.9 Å². The lowest BCUT2D eigenvalue weighted by Gasteiger charge is -2.11. The number of carbonyl (C=O) groups is 1. The van der Waals surface area contributed by atoms with Gasteiger partial charge in [0.2, 0.25) is 0 Å². The number of pyridine rings is 2. The van der Waals surface area contributed by atoms with Crippen molar-refractivity contribution in [3.63, 3.8) is 0 Å². The molecule has 0 saturated heterocycles. The molecule has 0 radical (unpaired) electrons. The molecule has 0 aliphatic carbocycles. The number of hydrogen-bond acceptors (Lipinski definition) is 6. The summed E-state index contributed by atoms with van der Waals surface area (Å²) >= 11 is 0. The molecule has 2 aromatic carbocycles. The first-order valence-corrected chi connectivity index (χ1v) is 11.0. The minimum Gasteiger partial charge on any atom is -0.481 e. The zero-order valence-corrected chi connectivity index (χ0v) is 18.6.